The Morgan fingerprint density at radius 2 is 2.22 bits per heavy atom. The lowest BCUT2D eigenvalue weighted by atomic mass is 10.2. The first-order valence-electron chi connectivity index (χ1n) is 6.17. The quantitative estimate of drug-likeness (QED) is 0.584. The second-order valence-corrected chi connectivity index (χ2v) is 4.32. The number of benzene rings is 1. The number of carbonyl (C=O) groups is 1. The van der Waals surface area contributed by atoms with Gasteiger partial charge < -0.3 is 4.74 Å². The number of likely N-dealkylation sites (tertiary alicyclic amines) is 1. The third kappa shape index (κ3) is 3.12. The highest BCUT2D eigenvalue weighted by molar-refractivity contribution is 5.76. The van der Waals surface area contributed by atoms with E-state index in [4.69, 9.17) is 4.74 Å². The largest absolute Gasteiger partial charge is 0.468 e. The summed E-state index contributed by atoms with van der Waals surface area (Å²) in [4.78, 5) is 13.6. The van der Waals surface area contributed by atoms with E-state index in [0.717, 1.165) is 24.9 Å². The molecule has 94 valence electrons. The fourth-order valence-electron chi connectivity index (χ4n) is 2.18. The predicted molar refractivity (Wildman–Crippen MR) is 69.9 cm³/mol. The summed E-state index contributed by atoms with van der Waals surface area (Å²) < 4.78 is 4.80. The van der Waals surface area contributed by atoms with Crippen molar-refractivity contribution in [1.29, 1.82) is 0 Å². The van der Waals surface area contributed by atoms with E-state index < -0.39 is 0 Å². The van der Waals surface area contributed by atoms with Crippen molar-refractivity contribution in [2.45, 2.75) is 18.9 Å². The van der Waals surface area contributed by atoms with Crippen LogP contribution < -0.4 is 0 Å². The van der Waals surface area contributed by atoms with Crippen LogP contribution in [0.1, 0.15) is 18.4 Å². The summed E-state index contributed by atoms with van der Waals surface area (Å²) in [6.45, 7) is 1.54. The average Bonchev–Trinajstić information content (AvgIpc) is 2.87. The Bertz CT molecular complexity index is 458. The van der Waals surface area contributed by atoms with Crippen LogP contribution in [0, 0.1) is 11.8 Å². The maximum atomic E-state index is 11.5. The van der Waals surface area contributed by atoms with Gasteiger partial charge in [0.15, 0.2) is 0 Å². The zero-order chi connectivity index (χ0) is 12.8. The molecule has 0 amide bonds. The summed E-state index contributed by atoms with van der Waals surface area (Å²) in [5.41, 5.74) is 1.01. The van der Waals surface area contributed by atoms with Gasteiger partial charge in [-0.3, -0.25) is 9.69 Å². The minimum Gasteiger partial charge on any atom is -0.468 e. The van der Waals surface area contributed by atoms with Gasteiger partial charge in [-0.15, -0.1) is 0 Å². The van der Waals surface area contributed by atoms with Crippen molar-refractivity contribution in [2.75, 3.05) is 20.2 Å². The Balaban J connectivity index is 1.94. The summed E-state index contributed by atoms with van der Waals surface area (Å²) in [6.07, 6.45) is 1.91. The number of ether oxygens (including phenoxy) is 1. The zero-order valence-electron chi connectivity index (χ0n) is 10.6. The van der Waals surface area contributed by atoms with Gasteiger partial charge in [0.05, 0.1) is 13.7 Å². The van der Waals surface area contributed by atoms with Gasteiger partial charge in [-0.05, 0) is 25.0 Å². The van der Waals surface area contributed by atoms with E-state index in [1.807, 2.05) is 30.3 Å². The molecule has 1 aromatic rings. The highest BCUT2D eigenvalue weighted by Gasteiger charge is 2.30. The summed E-state index contributed by atoms with van der Waals surface area (Å²) in [5.74, 6) is 6.08. The molecule has 1 aliphatic heterocycles. The smallest absolute Gasteiger partial charge is 0.323 e. The molecule has 1 unspecified atom stereocenters. The Labute approximate surface area is 108 Å². The Morgan fingerprint density at radius 1 is 1.44 bits per heavy atom. The lowest BCUT2D eigenvalue weighted by Gasteiger charge is -2.19. The van der Waals surface area contributed by atoms with Crippen LogP contribution in [0.25, 0.3) is 0 Å². The maximum Gasteiger partial charge on any atom is 0.323 e. The summed E-state index contributed by atoms with van der Waals surface area (Å²) in [7, 11) is 1.44. The topological polar surface area (TPSA) is 29.5 Å². The van der Waals surface area contributed by atoms with Crippen molar-refractivity contribution in [3.63, 3.8) is 0 Å². The van der Waals surface area contributed by atoms with Gasteiger partial charge in [0.25, 0.3) is 0 Å². The van der Waals surface area contributed by atoms with Gasteiger partial charge in [0.1, 0.15) is 6.04 Å². The Hall–Kier alpha value is -1.79. The molecule has 1 heterocycles. The molecule has 0 radical (unpaired) electrons. The van der Waals surface area contributed by atoms with Crippen LogP contribution in [0.15, 0.2) is 30.3 Å². The second kappa shape index (κ2) is 6.23. The molecule has 0 saturated carbocycles. The summed E-state index contributed by atoms with van der Waals surface area (Å²) in [5, 5.41) is 0. The first-order chi connectivity index (χ1) is 8.81. The highest BCUT2D eigenvalue weighted by Crippen LogP contribution is 2.17. The van der Waals surface area contributed by atoms with Crippen LogP contribution in [-0.2, 0) is 9.53 Å². The predicted octanol–water partition coefficient (Wildman–Crippen LogP) is 1.68. The minimum absolute atomic E-state index is 0.111. The first-order valence-corrected chi connectivity index (χ1v) is 6.17. The molecule has 0 aliphatic carbocycles. The lowest BCUT2D eigenvalue weighted by molar-refractivity contribution is -0.145. The molecule has 2 rings (SSSR count). The van der Waals surface area contributed by atoms with E-state index in [-0.39, 0.29) is 12.0 Å². The van der Waals surface area contributed by atoms with Crippen LogP contribution in [0.3, 0.4) is 0 Å². The third-order valence-corrected chi connectivity index (χ3v) is 3.13. The van der Waals surface area contributed by atoms with Crippen LogP contribution >= 0.6 is 0 Å². The highest BCUT2D eigenvalue weighted by atomic mass is 16.5. The van der Waals surface area contributed by atoms with Crippen molar-refractivity contribution >= 4 is 5.97 Å². The van der Waals surface area contributed by atoms with Crippen molar-refractivity contribution in [2.24, 2.45) is 0 Å². The molecule has 3 nitrogen and oxygen atoms in total. The molecule has 1 saturated heterocycles. The fraction of sp³-hybridized carbons (Fsp3) is 0.400. The van der Waals surface area contributed by atoms with Gasteiger partial charge in [-0.25, -0.2) is 0 Å². The first kappa shape index (κ1) is 12.7. The van der Waals surface area contributed by atoms with Gasteiger partial charge in [0, 0.05) is 12.1 Å². The SMILES string of the molecule is COC(=O)C1CCCN1CC#Cc1ccccc1. The number of methoxy groups -OCH3 is 1. The molecule has 1 aromatic carbocycles. The van der Waals surface area contributed by atoms with Crippen LogP contribution in [0.4, 0.5) is 0 Å². The standard InChI is InChI=1S/C15H17NO2/c1-18-15(17)14-10-6-12-16(14)11-5-9-13-7-3-2-4-8-13/h2-4,7-8,14H,6,10-12H2,1H3. The van der Waals surface area contributed by atoms with Crippen molar-refractivity contribution in [3.8, 4) is 11.8 Å². The molecule has 1 atom stereocenters. The van der Waals surface area contributed by atoms with E-state index in [1.54, 1.807) is 0 Å². The molecule has 0 N–H and O–H groups in total. The number of nitrogens with zero attached hydrogens (tertiary/aromatic N) is 1. The molecule has 3 heteroatoms. The van der Waals surface area contributed by atoms with Gasteiger partial charge in [-0.2, -0.15) is 0 Å². The van der Waals surface area contributed by atoms with Crippen molar-refractivity contribution in [1.82, 2.24) is 4.90 Å². The Kier molecular flexibility index (Phi) is 4.38. The molecular formula is C15H17NO2. The normalized spacial score (nSPS) is 19.1. The molecule has 0 aromatic heterocycles. The zero-order valence-corrected chi connectivity index (χ0v) is 10.6. The van der Waals surface area contributed by atoms with E-state index >= 15 is 0 Å². The number of carbonyl (C=O) groups excluding carboxylic acids is 1. The molecule has 0 spiro atoms. The minimum atomic E-state index is -0.144. The second-order valence-electron chi connectivity index (χ2n) is 4.32. The van der Waals surface area contributed by atoms with Crippen molar-refractivity contribution < 1.29 is 9.53 Å². The lowest BCUT2D eigenvalue weighted by Crippen LogP contribution is -2.37. The van der Waals surface area contributed by atoms with E-state index in [2.05, 4.69) is 16.7 Å². The van der Waals surface area contributed by atoms with Gasteiger partial charge in [-0.1, -0.05) is 30.0 Å². The molecule has 0 bridgehead atoms. The third-order valence-electron chi connectivity index (χ3n) is 3.13. The maximum absolute atomic E-state index is 11.5. The average molecular weight is 243 g/mol. The van der Waals surface area contributed by atoms with E-state index in [9.17, 15) is 4.79 Å². The van der Waals surface area contributed by atoms with E-state index in [0.29, 0.717) is 6.54 Å². The number of rotatable bonds is 2. The number of hydrogen-bond donors (Lipinski definition) is 0. The summed E-state index contributed by atoms with van der Waals surface area (Å²) in [6, 6.07) is 9.76. The van der Waals surface area contributed by atoms with Crippen LogP contribution in [0.5, 0.6) is 0 Å². The molecule has 1 aliphatic rings. The monoisotopic (exact) mass is 243 g/mol. The summed E-state index contributed by atoms with van der Waals surface area (Å²) >= 11 is 0. The van der Waals surface area contributed by atoms with Gasteiger partial charge in [0.2, 0.25) is 0 Å². The molecule has 1 fully saturated rings. The molecule has 18 heavy (non-hydrogen) atoms. The molecular weight excluding hydrogens is 226 g/mol. The van der Waals surface area contributed by atoms with Gasteiger partial charge >= 0.3 is 5.97 Å². The number of hydrogen-bond acceptors (Lipinski definition) is 3. The van der Waals surface area contributed by atoms with E-state index in [1.165, 1.54) is 7.11 Å². The number of esters is 1. The van der Waals surface area contributed by atoms with Crippen LogP contribution in [0.2, 0.25) is 0 Å². The fourth-order valence-corrected chi connectivity index (χ4v) is 2.18. The Morgan fingerprint density at radius 3 is 2.94 bits per heavy atom. The van der Waals surface area contributed by atoms with Crippen LogP contribution in [-0.4, -0.2) is 37.1 Å². The van der Waals surface area contributed by atoms with Crippen molar-refractivity contribution in [3.05, 3.63) is 35.9 Å².